The first-order chi connectivity index (χ1) is 8.41. The van der Waals surface area contributed by atoms with Gasteiger partial charge in [0.2, 0.25) is 11.5 Å². The molecule has 3 fully saturated rings. The Labute approximate surface area is 106 Å². The van der Waals surface area contributed by atoms with E-state index in [0.29, 0.717) is 23.2 Å². The quantitative estimate of drug-likeness (QED) is 0.718. The van der Waals surface area contributed by atoms with E-state index in [4.69, 9.17) is 5.73 Å². The highest BCUT2D eigenvalue weighted by Gasteiger charge is 2.59. The molecular weight excluding hydrogens is 230 g/mol. The number of carbonyl (C=O) groups is 1. The summed E-state index contributed by atoms with van der Waals surface area (Å²) in [7, 11) is 0. The lowest BCUT2D eigenvalue weighted by atomic mass is 9.43. The molecule has 1 N–H and O–H groups in total. The van der Waals surface area contributed by atoms with E-state index in [0.717, 1.165) is 6.42 Å². The Balaban J connectivity index is 1.81. The van der Waals surface area contributed by atoms with Gasteiger partial charge in [0.05, 0.1) is 5.92 Å². The Kier molecular flexibility index (Phi) is 2.31. The summed E-state index contributed by atoms with van der Waals surface area (Å²) in [5.41, 5.74) is 7.66. The van der Waals surface area contributed by atoms with Gasteiger partial charge in [-0.15, -0.1) is 0 Å². The highest BCUT2D eigenvalue weighted by Crippen LogP contribution is 2.62. The average Bonchev–Trinajstić information content (AvgIpc) is 2.74. The van der Waals surface area contributed by atoms with Gasteiger partial charge in [-0.25, -0.2) is 4.79 Å². The molecule has 4 atom stereocenters. The van der Waals surface area contributed by atoms with Crippen molar-refractivity contribution >= 4 is 11.8 Å². The third-order valence-corrected chi connectivity index (χ3v) is 5.36. The fourth-order valence-electron chi connectivity index (χ4n) is 4.00. The second-order valence-electron chi connectivity index (χ2n) is 6.41. The molecular formula is C13H19N3O2. The minimum absolute atomic E-state index is 0.0186. The molecule has 4 unspecified atom stereocenters. The molecule has 18 heavy (non-hydrogen) atoms. The van der Waals surface area contributed by atoms with Gasteiger partial charge in [-0.3, -0.25) is 0 Å². The molecule has 1 heterocycles. The van der Waals surface area contributed by atoms with Gasteiger partial charge in [0, 0.05) is 4.68 Å². The number of aromatic nitrogens is 2. The number of nitrogens with zero attached hydrogens (tertiary/aromatic N) is 2. The van der Waals surface area contributed by atoms with E-state index in [1.807, 2.05) is 0 Å². The Bertz CT molecular complexity index is 494. The van der Waals surface area contributed by atoms with Crippen LogP contribution in [-0.4, -0.2) is 11.2 Å². The summed E-state index contributed by atoms with van der Waals surface area (Å²) in [5.74, 6) is 1.60. The molecule has 0 amide bonds. The van der Waals surface area contributed by atoms with Crippen molar-refractivity contribution in [1.29, 1.82) is 0 Å². The topological polar surface area (TPSA) is 70.8 Å². The summed E-state index contributed by atoms with van der Waals surface area (Å²) < 4.78 is 5.85. The molecule has 0 saturated heterocycles. The fourth-order valence-corrected chi connectivity index (χ4v) is 4.00. The van der Waals surface area contributed by atoms with Crippen LogP contribution >= 0.6 is 0 Å². The van der Waals surface area contributed by atoms with Crippen molar-refractivity contribution in [1.82, 2.24) is 5.27 Å². The van der Waals surface area contributed by atoms with Crippen LogP contribution in [0.2, 0.25) is 0 Å². The normalized spacial score (nSPS) is 37.1. The monoisotopic (exact) mass is 249 g/mol. The summed E-state index contributed by atoms with van der Waals surface area (Å²) in [6, 6.07) is 0. The summed E-state index contributed by atoms with van der Waals surface area (Å²) in [5, 5.41) is 3.61. The number of rotatable bonds is 1. The molecule has 0 aromatic carbocycles. The van der Waals surface area contributed by atoms with Crippen molar-refractivity contribution in [2.75, 3.05) is 0 Å². The summed E-state index contributed by atoms with van der Waals surface area (Å²) in [4.78, 5) is 12.4. The summed E-state index contributed by atoms with van der Waals surface area (Å²) in [6.45, 7) is 6.80. The zero-order valence-corrected chi connectivity index (χ0v) is 11.0. The van der Waals surface area contributed by atoms with Gasteiger partial charge in [-0.2, -0.15) is 0 Å². The first-order valence-corrected chi connectivity index (χ1v) is 6.55. The highest BCUT2D eigenvalue weighted by atomic mass is 16.5. The Morgan fingerprint density at radius 1 is 1.56 bits per heavy atom. The third-order valence-electron chi connectivity index (χ3n) is 5.36. The molecule has 0 spiro atoms. The van der Waals surface area contributed by atoms with E-state index in [-0.39, 0.29) is 17.7 Å². The zero-order chi connectivity index (χ0) is 13.1. The van der Waals surface area contributed by atoms with Gasteiger partial charge in [-0.05, 0) is 36.0 Å². The molecule has 1 aromatic heterocycles. The Hall–Kier alpha value is -1.39. The van der Waals surface area contributed by atoms with Crippen molar-refractivity contribution in [3.63, 3.8) is 0 Å². The molecule has 3 aliphatic carbocycles. The van der Waals surface area contributed by atoms with Crippen LogP contribution in [0.15, 0.2) is 10.7 Å². The van der Waals surface area contributed by atoms with Crippen molar-refractivity contribution in [3.05, 3.63) is 11.9 Å². The van der Waals surface area contributed by atoms with Gasteiger partial charge < -0.3 is 10.3 Å². The van der Waals surface area contributed by atoms with Crippen LogP contribution in [0.3, 0.4) is 0 Å². The minimum Gasteiger partial charge on any atom is -0.660 e. The van der Waals surface area contributed by atoms with Crippen LogP contribution in [0, 0.1) is 29.1 Å². The molecule has 4 rings (SSSR count). The van der Waals surface area contributed by atoms with Crippen molar-refractivity contribution in [3.8, 4) is 0 Å². The largest absolute Gasteiger partial charge is 0.660 e. The Morgan fingerprint density at radius 2 is 2.28 bits per heavy atom. The first-order valence-electron chi connectivity index (χ1n) is 6.55. The third kappa shape index (κ3) is 1.42. The predicted octanol–water partition coefficient (Wildman–Crippen LogP) is 2.60. The average molecular weight is 249 g/mol. The van der Waals surface area contributed by atoms with Gasteiger partial charge in [0.1, 0.15) is 5.88 Å². The fraction of sp³-hybridized carbons (Fsp3) is 0.769. The van der Waals surface area contributed by atoms with E-state index in [1.54, 1.807) is 0 Å². The van der Waals surface area contributed by atoms with E-state index < -0.39 is 0 Å². The predicted molar refractivity (Wildman–Crippen MR) is 64.0 cm³/mol. The lowest BCUT2D eigenvalue weighted by Gasteiger charge is -2.60. The number of hydrogen-bond acceptors (Lipinski definition) is 3. The second-order valence-corrected chi connectivity index (χ2v) is 6.41. The van der Waals surface area contributed by atoms with E-state index in [2.05, 4.69) is 30.6 Å². The number of carbonyl (C=O) groups excluding carboxylic acids is 1. The summed E-state index contributed by atoms with van der Waals surface area (Å²) in [6.07, 6.45) is 3.54. The molecule has 3 saturated carbocycles. The maximum Gasteiger partial charge on any atom is 0.423 e. The van der Waals surface area contributed by atoms with Crippen LogP contribution < -0.4 is 4.68 Å². The molecule has 2 bridgehead atoms. The molecule has 5 nitrogen and oxygen atoms in total. The maximum atomic E-state index is 12.4. The zero-order valence-electron chi connectivity index (χ0n) is 11.0. The van der Waals surface area contributed by atoms with E-state index >= 15 is 0 Å². The smallest absolute Gasteiger partial charge is 0.423 e. The number of fused-ring (bicyclic) bond motifs is 2. The standard InChI is InChI=1S/C13H19N3O2/c1-7-9(4-8-5-10(7)13(8,2)3)12(17)16-6-11(14)18-15-16/h6-10H,4-5H2,1-3H3,(H-,14,15). The maximum absolute atomic E-state index is 12.4. The van der Waals surface area contributed by atoms with Gasteiger partial charge in [0.15, 0.2) is 0 Å². The second kappa shape index (κ2) is 3.56. The van der Waals surface area contributed by atoms with Crippen LogP contribution in [0.25, 0.3) is 5.73 Å². The summed E-state index contributed by atoms with van der Waals surface area (Å²) >= 11 is 0. The van der Waals surface area contributed by atoms with Crippen LogP contribution in [0.1, 0.15) is 38.4 Å². The molecule has 5 heteroatoms. The first kappa shape index (κ1) is 11.7. The Morgan fingerprint density at radius 3 is 2.78 bits per heavy atom. The van der Waals surface area contributed by atoms with Crippen LogP contribution in [0.4, 0.5) is 5.88 Å². The molecule has 98 valence electrons. The number of hydrogen-bond donors (Lipinski definition) is 0. The molecule has 0 radical (unpaired) electrons. The lowest BCUT2D eigenvalue weighted by molar-refractivity contribution is -0.652. The van der Waals surface area contributed by atoms with Crippen LogP contribution in [0.5, 0.6) is 0 Å². The SMILES string of the molecule is CC1C(C(=O)[n+]2cc([NH-])on2)CC2CC1C2(C)C. The van der Waals surface area contributed by atoms with Crippen molar-refractivity contribution < 1.29 is 14.0 Å². The van der Waals surface area contributed by atoms with Crippen molar-refractivity contribution in [2.24, 2.45) is 29.1 Å². The molecule has 3 aliphatic rings. The number of nitrogens with one attached hydrogen (secondary N) is 1. The van der Waals surface area contributed by atoms with Gasteiger partial charge in [-0.1, -0.05) is 20.8 Å². The van der Waals surface area contributed by atoms with Crippen molar-refractivity contribution in [2.45, 2.75) is 33.6 Å². The lowest BCUT2D eigenvalue weighted by Crippen LogP contribution is -2.60. The minimum atomic E-state index is -0.0719. The molecule has 1 aromatic rings. The van der Waals surface area contributed by atoms with Gasteiger partial charge in [0.25, 0.3) is 0 Å². The van der Waals surface area contributed by atoms with Gasteiger partial charge >= 0.3 is 5.91 Å². The highest BCUT2D eigenvalue weighted by molar-refractivity contribution is 5.70. The van der Waals surface area contributed by atoms with E-state index in [9.17, 15) is 4.79 Å². The molecule has 0 aliphatic heterocycles. The van der Waals surface area contributed by atoms with E-state index in [1.165, 1.54) is 17.3 Å². The van der Waals surface area contributed by atoms with Crippen LogP contribution in [-0.2, 0) is 0 Å².